The molecule has 0 saturated carbocycles. The van der Waals surface area contributed by atoms with Crippen LogP contribution in [-0.4, -0.2) is 0 Å². The predicted octanol–water partition coefficient (Wildman–Crippen LogP) is 3.82. The average Bonchev–Trinajstić information content (AvgIpc) is 2.47. The van der Waals surface area contributed by atoms with Crippen molar-refractivity contribution >= 4 is 30.9 Å². The topological polar surface area (TPSA) is 0 Å². The molecule has 1 aromatic rings. The van der Waals surface area contributed by atoms with E-state index in [9.17, 15) is 0 Å². The Labute approximate surface area is 112 Å². The summed E-state index contributed by atoms with van der Waals surface area (Å²) in [6.45, 7) is 3.79. The van der Waals surface area contributed by atoms with E-state index in [0.29, 0.717) is 5.92 Å². The summed E-state index contributed by atoms with van der Waals surface area (Å²) < 4.78 is 0. The molecule has 0 aliphatic heterocycles. The molecule has 0 aromatic heterocycles. The summed E-state index contributed by atoms with van der Waals surface area (Å²) in [5.41, 5.74) is 2.71. The molecule has 0 radical (unpaired) electrons. The summed E-state index contributed by atoms with van der Waals surface area (Å²) in [6.07, 6.45) is 6.31. The molecule has 14 heavy (non-hydrogen) atoms. The van der Waals surface area contributed by atoms with Crippen molar-refractivity contribution in [1.29, 1.82) is 0 Å². The summed E-state index contributed by atoms with van der Waals surface area (Å²) in [4.78, 5) is 0. The van der Waals surface area contributed by atoms with Crippen molar-refractivity contribution in [2.75, 3.05) is 0 Å². The van der Waals surface area contributed by atoms with E-state index in [-0.39, 0.29) is 46.5 Å². The Balaban J connectivity index is 0. The minimum absolute atomic E-state index is 0. The van der Waals surface area contributed by atoms with Crippen molar-refractivity contribution < 1.29 is 21.7 Å². The molecule has 1 atom stereocenters. The van der Waals surface area contributed by atoms with Gasteiger partial charge in [0.15, 0.2) is 0 Å². The van der Waals surface area contributed by atoms with Crippen molar-refractivity contribution in [2.24, 2.45) is 0 Å². The molecule has 0 bridgehead atoms. The van der Waals surface area contributed by atoms with Gasteiger partial charge in [0, 0.05) is 27.6 Å². The van der Waals surface area contributed by atoms with Crippen molar-refractivity contribution in [1.82, 2.24) is 0 Å². The zero-order valence-electron chi connectivity index (χ0n) is 7.64. The smallest absolute Gasteiger partial charge is 0.0205 e. The molecule has 0 nitrogen and oxygen atoms in total. The normalized spacial score (nSPS) is 15.6. The molecule has 0 spiro atoms. The van der Waals surface area contributed by atoms with Gasteiger partial charge in [-0.15, -0.1) is 31.4 Å². The molecular formula is C11H12Cl2Ti. The first-order valence-corrected chi connectivity index (χ1v) is 3.81. The van der Waals surface area contributed by atoms with Crippen LogP contribution in [0.2, 0.25) is 0 Å². The van der Waals surface area contributed by atoms with Gasteiger partial charge in [0.2, 0.25) is 0 Å². The molecule has 1 unspecified atom stereocenters. The Morgan fingerprint density at radius 1 is 1.14 bits per heavy atom. The molecular weight excluding hydrogens is 251 g/mol. The molecule has 2 rings (SSSR count). The van der Waals surface area contributed by atoms with Crippen molar-refractivity contribution in [3.63, 3.8) is 0 Å². The van der Waals surface area contributed by atoms with E-state index in [1.54, 1.807) is 0 Å². The van der Waals surface area contributed by atoms with E-state index in [1.165, 1.54) is 11.1 Å². The molecule has 0 saturated heterocycles. The van der Waals surface area contributed by atoms with Crippen LogP contribution in [0, 0.1) is 0 Å². The van der Waals surface area contributed by atoms with Crippen LogP contribution in [-0.2, 0) is 21.7 Å². The third kappa shape index (κ3) is 3.00. The second-order valence-electron chi connectivity index (χ2n) is 2.75. The van der Waals surface area contributed by atoms with Crippen LogP contribution in [0.5, 0.6) is 0 Å². The Bertz CT molecular complexity index is 321. The van der Waals surface area contributed by atoms with Gasteiger partial charge in [0.1, 0.15) is 0 Å². The number of allylic oxidation sites excluding steroid dienone is 2. The number of benzene rings is 1. The Morgan fingerprint density at radius 3 is 2.43 bits per heavy atom. The maximum absolute atomic E-state index is 3.79. The minimum atomic E-state index is 0. The number of hydrogen-bond donors (Lipinski definition) is 0. The molecule has 3 heteroatoms. The molecule has 0 amide bonds. The van der Waals surface area contributed by atoms with E-state index in [1.807, 2.05) is 6.08 Å². The summed E-state index contributed by atoms with van der Waals surface area (Å²) in [6, 6.07) is 8.42. The second kappa shape index (κ2) is 7.31. The maximum atomic E-state index is 3.79. The van der Waals surface area contributed by atoms with E-state index in [2.05, 4.69) is 43.0 Å². The zero-order chi connectivity index (χ0) is 7.68. The average molecular weight is 263 g/mol. The molecule has 1 aliphatic rings. The summed E-state index contributed by atoms with van der Waals surface area (Å²) in [5, 5.41) is 0. The van der Waals surface area contributed by atoms with Gasteiger partial charge in [-0.2, -0.15) is 0 Å². The third-order valence-electron chi connectivity index (χ3n) is 2.09. The van der Waals surface area contributed by atoms with Crippen LogP contribution in [0.4, 0.5) is 0 Å². The van der Waals surface area contributed by atoms with Crippen LogP contribution in [0.25, 0.3) is 6.08 Å². The summed E-state index contributed by atoms with van der Waals surface area (Å²) in [5.74, 6) is 0.436. The monoisotopic (exact) mass is 262 g/mol. The molecule has 74 valence electrons. The Hall–Kier alpha value is -0.00571. The number of rotatable bonds is 1. The standard InChI is InChI=1S/C11H10.2ClH.Ti/c1-2-9-7-8-10-5-3-4-6-11(9)10;;;/h2-9H,1H2;2*1H;. The van der Waals surface area contributed by atoms with E-state index in [4.69, 9.17) is 0 Å². The van der Waals surface area contributed by atoms with Gasteiger partial charge >= 0.3 is 0 Å². The number of halogens is 2. The van der Waals surface area contributed by atoms with Crippen LogP contribution >= 0.6 is 24.8 Å². The second-order valence-corrected chi connectivity index (χ2v) is 2.75. The molecule has 0 N–H and O–H groups in total. The maximum Gasteiger partial charge on any atom is 0.0205 e. The van der Waals surface area contributed by atoms with E-state index in [0.717, 1.165) is 0 Å². The molecule has 1 aliphatic carbocycles. The quantitative estimate of drug-likeness (QED) is 0.533. The summed E-state index contributed by atoms with van der Waals surface area (Å²) in [7, 11) is 0. The van der Waals surface area contributed by atoms with Crippen molar-refractivity contribution in [3.8, 4) is 0 Å². The fourth-order valence-corrected chi connectivity index (χ4v) is 1.48. The van der Waals surface area contributed by atoms with Crippen LogP contribution in [0.3, 0.4) is 0 Å². The fraction of sp³-hybridized carbons (Fsp3) is 0.0909. The van der Waals surface area contributed by atoms with Crippen molar-refractivity contribution in [3.05, 3.63) is 54.1 Å². The van der Waals surface area contributed by atoms with Crippen LogP contribution in [0.1, 0.15) is 17.0 Å². The van der Waals surface area contributed by atoms with Gasteiger partial charge < -0.3 is 0 Å². The largest absolute Gasteiger partial charge is 0.147 e. The molecule has 1 aromatic carbocycles. The number of fused-ring (bicyclic) bond motifs is 1. The number of hydrogen-bond acceptors (Lipinski definition) is 0. The van der Waals surface area contributed by atoms with Gasteiger partial charge in [0.25, 0.3) is 0 Å². The van der Waals surface area contributed by atoms with Gasteiger partial charge in [0.05, 0.1) is 0 Å². The Morgan fingerprint density at radius 2 is 1.79 bits per heavy atom. The van der Waals surface area contributed by atoms with Crippen LogP contribution < -0.4 is 0 Å². The zero-order valence-corrected chi connectivity index (χ0v) is 10.8. The fourth-order valence-electron chi connectivity index (χ4n) is 1.48. The minimum Gasteiger partial charge on any atom is -0.147 e. The van der Waals surface area contributed by atoms with Gasteiger partial charge in [-0.25, -0.2) is 0 Å². The SMILES string of the molecule is C=CC1C=Cc2ccccc21.Cl.Cl.[Ti]. The first-order chi connectivity index (χ1) is 5.42. The van der Waals surface area contributed by atoms with E-state index >= 15 is 0 Å². The van der Waals surface area contributed by atoms with Gasteiger partial charge in [-0.1, -0.05) is 42.5 Å². The predicted molar refractivity (Wildman–Crippen MR) is 62.9 cm³/mol. The first-order valence-electron chi connectivity index (χ1n) is 3.81. The third-order valence-corrected chi connectivity index (χ3v) is 2.09. The molecule has 0 heterocycles. The van der Waals surface area contributed by atoms with Gasteiger partial charge in [-0.3, -0.25) is 0 Å². The Kier molecular flexibility index (Phi) is 8.57. The van der Waals surface area contributed by atoms with Crippen LogP contribution in [0.15, 0.2) is 43.0 Å². The summed E-state index contributed by atoms with van der Waals surface area (Å²) >= 11 is 0. The van der Waals surface area contributed by atoms with E-state index < -0.39 is 0 Å². The first kappa shape index (κ1) is 16.4. The van der Waals surface area contributed by atoms with Gasteiger partial charge in [-0.05, 0) is 11.1 Å². The molecule has 0 fully saturated rings. The van der Waals surface area contributed by atoms with Crippen molar-refractivity contribution in [2.45, 2.75) is 5.92 Å².